The molecule has 3 rings (SSSR count). The standard InChI is InChI=1S/C18H20FNO/c1-2-20-12-14-11-15(19)8-9-16(14)17-7-3-5-13-6-4-10-21-18(13)17/h3,5,7-9,11,20H,2,4,6,10,12H2,1H3. The van der Waals surface area contributed by atoms with Gasteiger partial charge >= 0.3 is 0 Å². The van der Waals surface area contributed by atoms with Crippen molar-refractivity contribution in [2.75, 3.05) is 13.2 Å². The molecule has 0 saturated carbocycles. The summed E-state index contributed by atoms with van der Waals surface area (Å²) in [7, 11) is 0. The molecule has 2 nitrogen and oxygen atoms in total. The third-order valence-electron chi connectivity index (χ3n) is 3.86. The number of ether oxygens (including phenoxy) is 1. The average Bonchev–Trinajstić information content (AvgIpc) is 2.52. The van der Waals surface area contributed by atoms with Gasteiger partial charge in [-0.05, 0) is 48.2 Å². The van der Waals surface area contributed by atoms with Gasteiger partial charge in [0.1, 0.15) is 11.6 Å². The molecule has 110 valence electrons. The molecule has 0 saturated heterocycles. The first-order valence-electron chi connectivity index (χ1n) is 7.54. The molecule has 0 radical (unpaired) electrons. The first kappa shape index (κ1) is 14.1. The molecule has 21 heavy (non-hydrogen) atoms. The Labute approximate surface area is 125 Å². The van der Waals surface area contributed by atoms with Gasteiger partial charge in [0.2, 0.25) is 0 Å². The summed E-state index contributed by atoms with van der Waals surface area (Å²) in [6.45, 7) is 4.33. The summed E-state index contributed by atoms with van der Waals surface area (Å²) in [5, 5.41) is 3.27. The van der Waals surface area contributed by atoms with Crippen LogP contribution in [-0.4, -0.2) is 13.2 Å². The Morgan fingerprint density at radius 2 is 2.10 bits per heavy atom. The zero-order chi connectivity index (χ0) is 14.7. The SMILES string of the molecule is CCNCc1cc(F)ccc1-c1cccc2c1OCCC2. The molecule has 0 spiro atoms. The Kier molecular flexibility index (Phi) is 4.20. The summed E-state index contributed by atoms with van der Waals surface area (Å²) in [5.41, 5.74) is 4.34. The van der Waals surface area contributed by atoms with E-state index in [2.05, 4.69) is 23.5 Å². The summed E-state index contributed by atoms with van der Waals surface area (Å²) in [6, 6.07) is 11.2. The van der Waals surface area contributed by atoms with Gasteiger partial charge in [-0.2, -0.15) is 0 Å². The number of hydrogen-bond acceptors (Lipinski definition) is 2. The van der Waals surface area contributed by atoms with Gasteiger partial charge in [-0.15, -0.1) is 0 Å². The van der Waals surface area contributed by atoms with Crippen LogP contribution in [0.5, 0.6) is 5.75 Å². The lowest BCUT2D eigenvalue weighted by molar-refractivity contribution is 0.289. The van der Waals surface area contributed by atoms with Crippen LogP contribution in [0.2, 0.25) is 0 Å². The van der Waals surface area contributed by atoms with E-state index in [-0.39, 0.29) is 5.82 Å². The smallest absolute Gasteiger partial charge is 0.130 e. The summed E-state index contributed by atoms with van der Waals surface area (Å²) in [5.74, 6) is 0.769. The fraction of sp³-hybridized carbons (Fsp3) is 0.333. The van der Waals surface area contributed by atoms with E-state index in [0.717, 1.165) is 48.4 Å². The Morgan fingerprint density at radius 3 is 2.95 bits per heavy atom. The van der Waals surface area contributed by atoms with Crippen molar-refractivity contribution in [1.82, 2.24) is 5.32 Å². The maximum absolute atomic E-state index is 13.6. The van der Waals surface area contributed by atoms with E-state index in [1.54, 1.807) is 6.07 Å². The molecule has 0 unspecified atom stereocenters. The highest BCUT2D eigenvalue weighted by atomic mass is 19.1. The van der Waals surface area contributed by atoms with E-state index in [1.807, 2.05) is 13.0 Å². The number of aryl methyl sites for hydroxylation is 1. The minimum Gasteiger partial charge on any atom is -0.493 e. The number of benzene rings is 2. The highest BCUT2D eigenvalue weighted by Gasteiger charge is 2.17. The maximum Gasteiger partial charge on any atom is 0.130 e. The van der Waals surface area contributed by atoms with E-state index < -0.39 is 0 Å². The third-order valence-corrected chi connectivity index (χ3v) is 3.86. The van der Waals surface area contributed by atoms with E-state index >= 15 is 0 Å². The van der Waals surface area contributed by atoms with Crippen LogP contribution < -0.4 is 10.1 Å². The van der Waals surface area contributed by atoms with Crippen molar-refractivity contribution >= 4 is 0 Å². The molecular formula is C18H20FNO. The first-order valence-corrected chi connectivity index (χ1v) is 7.54. The van der Waals surface area contributed by atoms with E-state index in [1.165, 1.54) is 11.6 Å². The minimum atomic E-state index is -0.197. The Morgan fingerprint density at radius 1 is 1.19 bits per heavy atom. The molecule has 2 aromatic carbocycles. The summed E-state index contributed by atoms with van der Waals surface area (Å²) in [6.07, 6.45) is 2.11. The quantitative estimate of drug-likeness (QED) is 0.919. The lowest BCUT2D eigenvalue weighted by atomic mass is 9.94. The molecule has 0 atom stereocenters. The molecule has 0 bridgehead atoms. The molecule has 2 aromatic rings. The van der Waals surface area contributed by atoms with Crippen molar-refractivity contribution in [3.63, 3.8) is 0 Å². The van der Waals surface area contributed by atoms with E-state index in [0.29, 0.717) is 6.54 Å². The summed E-state index contributed by atoms with van der Waals surface area (Å²) >= 11 is 0. The van der Waals surface area contributed by atoms with Gasteiger partial charge in [0, 0.05) is 12.1 Å². The van der Waals surface area contributed by atoms with Crippen LogP contribution in [-0.2, 0) is 13.0 Å². The molecule has 1 heterocycles. The summed E-state index contributed by atoms with van der Waals surface area (Å²) < 4.78 is 19.5. The highest BCUT2D eigenvalue weighted by Crippen LogP contribution is 2.37. The number of fused-ring (bicyclic) bond motifs is 1. The van der Waals surface area contributed by atoms with Gasteiger partial charge in [0.15, 0.2) is 0 Å². The van der Waals surface area contributed by atoms with E-state index in [9.17, 15) is 4.39 Å². The van der Waals surface area contributed by atoms with Crippen molar-refractivity contribution in [3.05, 3.63) is 53.3 Å². The van der Waals surface area contributed by atoms with Crippen LogP contribution in [0.25, 0.3) is 11.1 Å². The molecule has 0 aromatic heterocycles. The van der Waals surface area contributed by atoms with E-state index in [4.69, 9.17) is 4.74 Å². The van der Waals surface area contributed by atoms with Gasteiger partial charge in [0.25, 0.3) is 0 Å². The number of hydrogen-bond donors (Lipinski definition) is 1. The Bertz CT molecular complexity index is 639. The van der Waals surface area contributed by atoms with Crippen LogP contribution in [0.3, 0.4) is 0 Å². The average molecular weight is 285 g/mol. The molecule has 3 heteroatoms. The molecular weight excluding hydrogens is 265 g/mol. The molecule has 0 amide bonds. The highest BCUT2D eigenvalue weighted by molar-refractivity contribution is 5.75. The second kappa shape index (κ2) is 6.27. The Hall–Kier alpha value is -1.87. The van der Waals surface area contributed by atoms with Crippen LogP contribution >= 0.6 is 0 Å². The van der Waals surface area contributed by atoms with Crippen molar-refractivity contribution in [2.24, 2.45) is 0 Å². The number of rotatable bonds is 4. The number of nitrogens with one attached hydrogen (secondary N) is 1. The largest absolute Gasteiger partial charge is 0.493 e. The van der Waals surface area contributed by atoms with Crippen LogP contribution in [0.1, 0.15) is 24.5 Å². The molecule has 0 fully saturated rings. The molecule has 0 aliphatic carbocycles. The predicted octanol–water partition coefficient (Wildman–Crippen LogP) is 3.93. The molecule has 1 N–H and O–H groups in total. The summed E-state index contributed by atoms with van der Waals surface area (Å²) in [4.78, 5) is 0. The van der Waals surface area contributed by atoms with Crippen LogP contribution in [0.4, 0.5) is 4.39 Å². The normalized spacial score (nSPS) is 13.6. The van der Waals surface area contributed by atoms with Gasteiger partial charge < -0.3 is 10.1 Å². The van der Waals surface area contributed by atoms with Gasteiger partial charge in [-0.25, -0.2) is 4.39 Å². The second-order valence-electron chi connectivity index (χ2n) is 5.33. The lowest BCUT2D eigenvalue weighted by Crippen LogP contribution is -2.13. The first-order chi connectivity index (χ1) is 10.3. The Balaban J connectivity index is 2.08. The fourth-order valence-electron chi connectivity index (χ4n) is 2.83. The molecule has 1 aliphatic heterocycles. The zero-order valence-corrected chi connectivity index (χ0v) is 12.3. The zero-order valence-electron chi connectivity index (χ0n) is 12.3. The van der Waals surface area contributed by atoms with Gasteiger partial charge in [-0.3, -0.25) is 0 Å². The molecule has 1 aliphatic rings. The van der Waals surface area contributed by atoms with Crippen molar-refractivity contribution in [3.8, 4) is 16.9 Å². The third kappa shape index (κ3) is 2.93. The number of para-hydroxylation sites is 1. The van der Waals surface area contributed by atoms with Crippen molar-refractivity contribution < 1.29 is 9.13 Å². The second-order valence-corrected chi connectivity index (χ2v) is 5.33. The fourth-order valence-corrected chi connectivity index (χ4v) is 2.83. The monoisotopic (exact) mass is 285 g/mol. The topological polar surface area (TPSA) is 21.3 Å². The minimum absolute atomic E-state index is 0.197. The van der Waals surface area contributed by atoms with Crippen molar-refractivity contribution in [1.29, 1.82) is 0 Å². The lowest BCUT2D eigenvalue weighted by Gasteiger charge is -2.21. The van der Waals surface area contributed by atoms with Crippen LogP contribution in [0, 0.1) is 5.82 Å². The van der Waals surface area contributed by atoms with Gasteiger partial charge in [-0.1, -0.05) is 31.2 Å². The number of halogens is 1. The van der Waals surface area contributed by atoms with Gasteiger partial charge in [0.05, 0.1) is 6.61 Å². The van der Waals surface area contributed by atoms with Crippen LogP contribution in [0.15, 0.2) is 36.4 Å². The van der Waals surface area contributed by atoms with Crippen molar-refractivity contribution in [2.45, 2.75) is 26.3 Å². The predicted molar refractivity (Wildman–Crippen MR) is 83.0 cm³/mol. The maximum atomic E-state index is 13.6.